The summed E-state index contributed by atoms with van der Waals surface area (Å²) in [5.74, 6) is 0.787. The monoisotopic (exact) mass is 332 g/mol. The number of ether oxygens (including phenoxy) is 1. The van der Waals surface area contributed by atoms with Gasteiger partial charge in [0.05, 0.1) is 18.5 Å². The standard InChI is InChI=1S/C17H20N2O3S/c1-3-22-17-9-8-14(12-18-17)23(20,21)19-11-10-13(2)15-6-4-5-7-16(15)19/h4-9,12-13H,3,10-11H2,1-2H3. The van der Waals surface area contributed by atoms with Crippen molar-refractivity contribution in [2.75, 3.05) is 17.5 Å². The first kappa shape index (κ1) is 15.8. The Hall–Kier alpha value is -2.08. The summed E-state index contributed by atoms with van der Waals surface area (Å²) in [7, 11) is -3.62. The Bertz CT molecular complexity index is 788. The van der Waals surface area contributed by atoms with Crippen molar-refractivity contribution in [1.29, 1.82) is 0 Å². The Balaban J connectivity index is 1.98. The van der Waals surface area contributed by atoms with Crippen LogP contribution in [0.4, 0.5) is 5.69 Å². The van der Waals surface area contributed by atoms with E-state index in [1.807, 2.05) is 31.2 Å². The first-order chi connectivity index (χ1) is 11.0. The summed E-state index contributed by atoms with van der Waals surface area (Å²) in [5, 5.41) is 0. The van der Waals surface area contributed by atoms with E-state index in [9.17, 15) is 8.42 Å². The van der Waals surface area contributed by atoms with Gasteiger partial charge in [-0.2, -0.15) is 0 Å². The lowest BCUT2D eigenvalue weighted by Crippen LogP contribution is -2.36. The predicted molar refractivity (Wildman–Crippen MR) is 89.4 cm³/mol. The summed E-state index contributed by atoms with van der Waals surface area (Å²) in [6.45, 7) is 4.96. The number of fused-ring (bicyclic) bond motifs is 1. The van der Waals surface area contributed by atoms with Crippen LogP contribution in [0.3, 0.4) is 0 Å². The van der Waals surface area contributed by atoms with Gasteiger partial charge >= 0.3 is 0 Å². The summed E-state index contributed by atoms with van der Waals surface area (Å²) in [6, 6.07) is 10.8. The van der Waals surface area contributed by atoms with Crippen molar-refractivity contribution in [3.8, 4) is 5.88 Å². The third-order valence-electron chi connectivity index (χ3n) is 4.09. The van der Waals surface area contributed by atoms with E-state index in [1.54, 1.807) is 12.1 Å². The molecular formula is C17H20N2O3S. The van der Waals surface area contributed by atoms with Crippen molar-refractivity contribution in [2.45, 2.75) is 31.1 Å². The fraction of sp³-hybridized carbons (Fsp3) is 0.353. The summed E-state index contributed by atoms with van der Waals surface area (Å²) in [6.07, 6.45) is 2.17. The summed E-state index contributed by atoms with van der Waals surface area (Å²) < 4.78 is 32.7. The average molecular weight is 332 g/mol. The molecule has 1 aromatic carbocycles. The molecular weight excluding hydrogens is 312 g/mol. The molecule has 2 heterocycles. The highest BCUT2D eigenvalue weighted by Gasteiger charge is 2.31. The fourth-order valence-electron chi connectivity index (χ4n) is 2.85. The minimum Gasteiger partial charge on any atom is -0.478 e. The van der Waals surface area contributed by atoms with Gasteiger partial charge in [0.25, 0.3) is 10.0 Å². The molecule has 0 aliphatic carbocycles. The highest BCUT2D eigenvalue weighted by atomic mass is 32.2. The minimum atomic E-state index is -3.62. The molecule has 23 heavy (non-hydrogen) atoms. The van der Waals surface area contributed by atoms with Gasteiger partial charge in [0.1, 0.15) is 4.90 Å². The molecule has 3 rings (SSSR count). The minimum absolute atomic E-state index is 0.185. The topological polar surface area (TPSA) is 59.5 Å². The number of sulfonamides is 1. The normalized spacial score (nSPS) is 17.7. The number of hydrogen-bond acceptors (Lipinski definition) is 4. The average Bonchev–Trinajstić information content (AvgIpc) is 2.56. The van der Waals surface area contributed by atoms with Gasteiger partial charge in [-0.25, -0.2) is 13.4 Å². The number of anilines is 1. The zero-order valence-electron chi connectivity index (χ0n) is 13.3. The van der Waals surface area contributed by atoms with Crippen molar-refractivity contribution in [1.82, 2.24) is 4.98 Å². The lowest BCUT2D eigenvalue weighted by atomic mass is 9.93. The number of rotatable bonds is 4. The smallest absolute Gasteiger partial charge is 0.265 e. The van der Waals surface area contributed by atoms with Gasteiger partial charge in [0.15, 0.2) is 0 Å². The Morgan fingerprint density at radius 3 is 2.74 bits per heavy atom. The van der Waals surface area contributed by atoms with Crippen LogP contribution in [0.1, 0.15) is 31.7 Å². The van der Waals surface area contributed by atoms with Crippen LogP contribution < -0.4 is 9.04 Å². The third-order valence-corrected chi connectivity index (χ3v) is 5.89. The molecule has 1 aliphatic rings. The van der Waals surface area contributed by atoms with E-state index < -0.39 is 10.0 Å². The van der Waals surface area contributed by atoms with Crippen molar-refractivity contribution in [3.63, 3.8) is 0 Å². The molecule has 0 radical (unpaired) electrons. The Kier molecular flexibility index (Phi) is 4.26. The van der Waals surface area contributed by atoms with Crippen LogP contribution in [0.2, 0.25) is 0 Å². The van der Waals surface area contributed by atoms with Crippen molar-refractivity contribution in [3.05, 3.63) is 48.2 Å². The Labute approximate surface area is 137 Å². The molecule has 0 spiro atoms. The van der Waals surface area contributed by atoms with E-state index >= 15 is 0 Å². The van der Waals surface area contributed by atoms with E-state index in [1.165, 1.54) is 10.5 Å². The van der Waals surface area contributed by atoms with Crippen LogP contribution in [0.25, 0.3) is 0 Å². The van der Waals surface area contributed by atoms with Gasteiger partial charge in [-0.15, -0.1) is 0 Å². The first-order valence-corrected chi connectivity index (χ1v) is 9.18. The van der Waals surface area contributed by atoms with Gasteiger partial charge in [-0.05, 0) is 37.0 Å². The largest absolute Gasteiger partial charge is 0.478 e. The third kappa shape index (κ3) is 2.91. The van der Waals surface area contributed by atoms with Crippen molar-refractivity contribution in [2.24, 2.45) is 0 Å². The van der Waals surface area contributed by atoms with Crippen LogP contribution in [0.15, 0.2) is 47.5 Å². The predicted octanol–water partition coefficient (Wildman–Crippen LogP) is 3.18. The molecule has 122 valence electrons. The second-order valence-corrected chi connectivity index (χ2v) is 7.45. The van der Waals surface area contributed by atoms with Crippen LogP contribution in [0, 0.1) is 0 Å². The maximum Gasteiger partial charge on any atom is 0.265 e. The van der Waals surface area contributed by atoms with Gasteiger partial charge in [0.2, 0.25) is 5.88 Å². The molecule has 1 atom stereocenters. The molecule has 1 aromatic heterocycles. The number of pyridine rings is 1. The maximum absolute atomic E-state index is 13.0. The van der Waals surface area contributed by atoms with Gasteiger partial charge < -0.3 is 4.74 Å². The van der Waals surface area contributed by atoms with Crippen molar-refractivity contribution >= 4 is 15.7 Å². The van der Waals surface area contributed by atoms with E-state index in [0.29, 0.717) is 24.9 Å². The second kappa shape index (κ2) is 6.20. The van der Waals surface area contributed by atoms with Crippen LogP contribution >= 0.6 is 0 Å². The molecule has 5 nitrogen and oxygen atoms in total. The van der Waals surface area contributed by atoms with Crippen LogP contribution in [-0.2, 0) is 10.0 Å². The lowest BCUT2D eigenvalue weighted by Gasteiger charge is -2.33. The highest BCUT2D eigenvalue weighted by Crippen LogP contribution is 2.37. The van der Waals surface area contributed by atoms with Gasteiger partial charge in [-0.1, -0.05) is 25.1 Å². The SMILES string of the molecule is CCOc1ccc(S(=O)(=O)N2CCC(C)c3ccccc32)cn1. The molecule has 1 unspecified atom stereocenters. The Morgan fingerprint density at radius 1 is 1.26 bits per heavy atom. The number of para-hydroxylation sites is 1. The zero-order chi connectivity index (χ0) is 16.4. The molecule has 0 saturated heterocycles. The van der Waals surface area contributed by atoms with Gasteiger partial charge in [-0.3, -0.25) is 4.31 Å². The van der Waals surface area contributed by atoms with E-state index in [0.717, 1.165) is 17.7 Å². The molecule has 1 aliphatic heterocycles. The highest BCUT2D eigenvalue weighted by molar-refractivity contribution is 7.92. The van der Waals surface area contributed by atoms with E-state index in [4.69, 9.17) is 4.74 Å². The van der Waals surface area contributed by atoms with Crippen LogP contribution in [-0.4, -0.2) is 26.6 Å². The van der Waals surface area contributed by atoms with E-state index in [-0.39, 0.29) is 4.90 Å². The number of nitrogens with zero attached hydrogens (tertiary/aromatic N) is 2. The fourth-order valence-corrected chi connectivity index (χ4v) is 4.30. The molecule has 0 saturated carbocycles. The number of aromatic nitrogens is 1. The molecule has 0 fully saturated rings. The summed E-state index contributed by atoms with van der Waals surface area (Å²) in [5.41, 5.74) is 1.83. The molecule has 2 aromatic rings. The lowest BCUT2D eigenvalue weighted by molar-refractivity contribution is 0.326. The quantitative estimate of drug-likeness (QED) is 0.863. The molecule has 0 amide bonds. The second-order valence-electron chi connectivity index (χ2n) is 5.59. The molecule has 6 heteroatoms. The maximum atomic E-state index is 13.0. The van der Waals surface area contributed by atoms with Crippen molar-refractivity contribution < 1.29 is 13.2 Å². The van der Waals surface area contributed by atoms with E-state index in [2.05, 4.69) is 11.9 Å². The summed E-state index contributed by atoms with van der Waals surface area (Å²) in [4.78, 5) is 4.26. The van der Waals surface area contributed by atoms with Crippen LogP contribution in [0.5, 0.6) is 5.88 Å². The zero-order valence-corrected chi connectivity index (χ0v) is 14.1. The summed E-state index contributed by atoms with van der Waals surface area (Å²) >= 11 is 0. The van der Waals surface area contributed by atoms with Gasteiger partial charge in [0, 0.05) is 12.6 Å². The Morgan fingerprint density at radius 2 is 2.04 bits per heavy atom. The molecule has 0 bridgehead atoms. The first-order valence-electron chi connectivity index (χ1n) is 7.74. The molecule has 0 N–H and O–H groups in total. The number of hydrogen-bond donors (Lipinski definition) is 0. The number of benzene rings is 1.